The molecule has 1 aromatic heterocycles. The van der Waals surface area contributed by atoms with E-state index in [1.807, 2.05) is 49.4 Å². The highest BCUT2D eigenvalue weighted by atomic mass is 16.5. The predicted octanol–water partition coefficient (Wildman–Crippen LogP) is 3.57. The van der Waals surface area contributed by atoms with Crippen LogP contribution in [0.5, 0.6) is 11.5 Å². The molecule has 2 aromatic carbocycles. The van der Waals surface area contributed by atoms with Crippen molar-refractivity contribution in [3.05, 3.63) is 60.4 Å². The number of para-hydroxylation sites is 3. The minimum Gasteiger partial charge on any atom is -0.493 e. The lowest BCUT2D eigenvalue weighted by atomic mass is 10.2. The van der Waals surface area contributed by atoms with E-state index in [4.69, 9.17) is 13.9 Å². The fourth-order valence-corrected chi connectivity index (χ4v) is 2.69. The van der Waals surface area contributed by atoms with Crippen molar-refractivity contribution in [3.63, 3.8) is 0 Å². The molecule has 5 nitrogen and oxygen atoms in total. The average molecular weight is 339 g/mol. The number of benzene rings is 2. The van der Waals surface area contributed by atoms with Crippen molar-refractivity contribution < 1.29 is 18.7 Å². The van der Waals surface area contributed by atoms with Crippen molar-refractivity contribution in [3.8, 4) is 11.5 Å². The van der Waals surface area contributed by atoms with E-state index in [0.717, 1.165) is 16.7 Å². The number of carbonyl (C=O) groups is 1. The Morgan fingerprint density at radius 2 is 1.84 bits per heavy atom. The van der Waals surface area contributed by atoms with Gasteiger partial charge in [0.2, 0.25) is 0 Å². The van der Waals surface area contributed by atoms with Gasteiger partial charge in [-0.15, -0.1) is 0 Å². The highest BCUT2D eigenvalue weighted by Crippen LogP contribution is 2.25. The van der Waals surface area contributed by atoms with Crippen LogP contribution in [0.3, 0.4) is 0 Å². The molecule has 5 heteroatoms. The van der Waals surface area contributed by atoms with Crippen LogP contribution in [0.25, 0.3) is 11.0 Å². The zero-order chi connectivity index (χ0) is 17.6. The smallest absolute Gasteiger partial charge is 0.258 e. The Balaban J connectivity index is 1.52. The molecule has 0 aliphatic heterocycles. The van der Waals surface area contributed by atoms with Gasteiger partial charge in [0.25, 0.3) is 5.91 Å². The van der Waals surface area contributed by atoms with Gasteiger partial charge in [-0.25, -0.2) is 0 Å². The summed E-state index contributed by atoms with van der Waals surface area (Å²) in [6.45, 7) is 1.87. The van der Waals surface area contributed by atoms with Gasteiger partial charge in [-0.3, -0.25) is 4.79 Å². The number of fused-ring (bicyclic) bond motifs is 1. The van der Waals surface area contributed by atoms with E-state index in [2.05, 4.69) is 5.32 Å². The van der Waals surface area contributed by atoms with Gasteiger partial charge in [0.1, 0.15) is 11.3 Å². The lowest BCUT2D eigenvalue weighted by Gasteiger charge is -2.14. The Morgan fingerprint density at radius 1 is 1.12 bits per heavy atom. The number of amides is 1. The van der Waals surface area contributed by atoms with Crippen LogP contribution in [0.15, 0.2) is 59.0 Å². The first kappa shape index (κ1) is 16.9. The van der Waals surface area contributed by atoms with Gasteiger partial charge >= 0.3 is 0 Å². The standard InChI is InChI=1S/C20H21NO4/c1-14(11-16-12-15-7-3-4-8-17(15)25-16)21-20(22)13-24-19-10-6-5-9-18(19)23-2/h3-10,12,14H,11,13H2,1-2H3,(H,21,22)/t14-/m1/s1. The largest absolute Gasteiger partial charge is 0.493 e. The molecule has 1 N–H and O–H groups in total. The van der Waals surface area contributed by atoms with Crippen LogP contribution in [0, 0.1) is 0 Å². The molecule has 3 rings (SSSR count). The number of rotatable bonds is 7. The fraction of sp³-hybridized carbons (Fsp3) is 0.250. The third-order valence-electron chi connectivity index (χ3n) is 3.82. The summed E-state index contributed by atoms with van der Waals surface area (Å²) in [6, 6.07) is 17.0. The Labute approximate surface area is 146 Å². The second-order valence-corrected chi connectivity index (χ2v) is 5.86. The topological polar surface area (TPSA) is 60.7 Å². The number of carbonyl (C=O) groups excluding carboxylic acids is 1. The Bertz CT molecular complexity index is 823. The van der Waals surface area contributed by atoms with E-state index >= 15 is 0 Å². The number of furan rings is 1. The Hall–Kier alpha value is -2.95. The third kappa shape index (κ3) is 4.32. The van der Waals surface area contributed by atoms with Crippen molar-refractivity contribution >= 4 is 16.9 Å². The predicted molar refractivity (Wildman–Crippen MR) is 96.0 cm³/mol. The molecular formula is C20H21NO4. The van der Waals surface area contributed by atoms with Gasteiger partial charge in [-0.1, -0.05) is 30.3 Å². The second kappa shape index (κ2) is 7.75. The zero-order valence-corrected chi connectivity index (χ0v) is 14.3. The number of hydrogen-bond donors (Lipinski definition) is 1. The molecule has 0 radical (unpaired) electrons. The molecule has 0 bridgehead atoms. The summed E-state index contributed by atoms with van der Waals surface area (Å²) in [6.07, 6.45) is 0.620. The van der Waals surface area contributed by atoms with Crippen LogP contribution >= 0.6 is 0 Å². The first-order valence-electron chi connectivity index (χ1n) is 8.18. The SMILES string of the molecule is COc1ccccc1OCC(=O)N[C@H](C)Cc1cc2ccccc2o1. The van der Waals surface area contributed by atoms with Gasteiger partial charge < -0.3 is 19.2 Å². The van der Waals surface area contributed by atoms with Crippen LogP contribution in [0.4, 0.5) is 0 Å². The van der Waals surface area contributed by atoms with E-state index in [9.17, 15) is 4.79 Å². The summed E-state index contributed by atoms with van der Waals surface area (Å²) in [5, 5.41) is 3.98. The summed E-state index contributed by atoms with van der Waals surface area (Å²) < 4.78 is 16.5. The van der Waals surface area contributed by atoms with E-state index in [1.54, 1.807) is 19.2 Å². The molecule has 1 heterocycles. The molecule has 3 aromatic rings. The summed E-state index contributed by atoms with van der Waals surface area (Å²) in [7, 11) is 1.57. The molecule has 130 valence electrons. The molecule has 1 atom stereocenters. The lowest BCUT2D eigenvalue weighted by Crippen LogP contribution is -2.37. The maximum absolute atomic E-state index is 12.1. The highest BCUT2D eigenvalue weighted by Gasteiger charge is 2.12. The van der Waals surface area contributed by atoms with Crippen molar-refractivity contribution in [2.45, 2.75) is 19.4 Å². The number of nitrogens with one attached hydrogen (secondary N) is 1. The van der Waals surface area contributed by atoms with Gasteiger partial charge in [-0.05, 0) is 31.2 Å². The van der Waals surface area contributed by atoms with Crippen molar-refractivity contribution in [2.75, 3.05) is 13.7 Å². The monoisotopic (exact) mass is 339 g/mol. The molecule has 1 amide bonds. The van der Waals surface area contributed by atoms with E-state index in [1.165, 1.54) is 0 Å². The first-order chi connectivity index (χ1) is 12.2. The summed E-state index contributed by atoms with van der Waals surface area (Å²) >= 11 is 0. The summed E-state index contributed by atoms with van der Waals surface area (Å²) in [5.74, 6) is 1.81. The molecule has 25 heavy (non-hydrogen) atoms. The van der Waals surface area contributed by atoms with Crippen LogP contribution in [0.2, 0.25) is 0 Å². The summed E-state index contributed by atoms with van der Waals surface area (Å²) in [5.41, 5.74) is 0.857. The molecule has 0 saturated heterocycles. The van der Waals surface area contributed by atoms with E-state index in [0.29, 0.717) is 17.9 Å². The highest BCUT2D eigenvalue weighted by molar-refractivity contribution is 5.78. The first-order valence-corrected chi connectivity index (χ1v) is 8.18. The molecule has 0 unspecified atom stereocenters. The van der Waals surface area contributed by atoms with Crippen LogP contribution in [-0.2, 0) is 11.2 Å². The normalized spacial score (nSPS) is 11.9. The maximum atomic E-state index is 12.1. The minimum atomic E-state index is -0.186. The fourth-order valence-electron chi connectivity index (χ4n) is 2.69. The van der Waals surface area contributed by atoms with Gasteiger partial charge in [0.05, 0.1) is 7.11 Å². The van der Waals surface area contributed by atoms with Gasteiger partial charge in [0.15, 0.2) is 18.1 Å². The molecule has 0 aliphatic rings. The van der Waals surface area contributed by atoms with Crippen LogP contribution in [-0.4, -0.2) is 25.7 Å². The second-order valence-electron chi connectivity index (χ2n) is 5.86. The quantitative estimate of drug-likeness (QED) is 0.715. The lowest BCUT2D eigenvalue weighted by molar-refractivity contribution is -0.123. The van der Waals surface area contributed by atoms with E-state index in [-0.39, 0.29) is 18.6 Å². The van der Waals surface area contributed by atoms with Gasteiger partial charge in [0, 0.05) is 17.8 Å². The molecule has 0 aliphatic carbocycles. The third-order valence-corrected chi connectivity index (χ3v) is 3.82. The number of ether oxygens (including phenoxy) is 2. The van der Waals surface area contributed by atoms with Crippen molar-refractivity contribution in [1.82, 2.24) is 5.32 Å². The Morgan fingerprint density at radius 3 is 2.60 bits per heavy atom. The van der Waals surface area contributed by atoms with Crippen molar-refractivity contribution in [1.29, 1.82) is 0 Å². The van der Waals surface area contributed by atoms with Crippen LogP contribution < -0.4 is 14.8 Å². The van der Waals surface area contributed by atoms with Crippen molar-refractivity contribution in [2.24, 2.45) is 0 Å². The minimum absolute atomic E-state index is 0.0608. The van der Waals surface area contributed by atoms with E-state index < -0.39 is 0 Å². The number of methoxy groups -OCH3 is 1. The summed E-state index contributed by atoms with van der Waals surface area (Å²) in [4.78, 5) is 12.1. The molecular weight excluding hydrogens is 318 g/mol. The maximum Gasteiger partial charge on any atom is 0.258 e. The van der Waals surface area contributed by atoms with Crippen LogP contribution in [0.1, 0.15) is 12.7 Å². The average Bonchev–Trinajstić information content (AvgIpc) is 3.02. The molecule has 0 fully saturated rings. The zero-order valence-electron chi connectivity index (χ0n) is 14.3. The molecule has 0 spiro atoms. The Kier molecular flexibility index (Phi) is 5.23. The van der Waals surface area contributed by atoms with Gasteiger partial charge in [-0.2, -0.15) is 0 Å². The molecule has 0 saturated carbocycles. The number of hydrogen-bond acceptors (Lipinski definition) is 4.